The van der Waals surface area contributed by atoms with E-state index >= 15 is 0 Å². The van der Waals surface area contributed by atoms with Crippen LogP contribution in [0.5, 0.6) is 0 Å². The average Bonchev–Trinajstić information content (AvgIpc) is 2.51. The molecule has 0 bridgehead atoms. The van der Waals surface area contributed by atoms with Gasteiger partial charge in [-0.2, -0.15) is 13.2 Å². The van der Waals surface area contributed by atoms with Crippen LogP contribution < -0.4 is 11.2 Å². The van der Waals surface area contributed by atoms with Crippen LogP contribution in [0, 0.1) is 0 Å². The molecule has 0 fully saturated rings. The molecule has 0 spiro atoms. The van der Waals surface area contributed by atoms with Crippen molar-refractivity contribution in [2.24, 2.45) is 7.05 Å². The number of esters is 1. The van der Waals surface area contributed by atoms with E-state index in [1.807, 2.05) is 0 Å². The zero-order chi connectivity index (χ0) is 18.9. The molecule has 0 N–H and O–H groups in total. The van der Waals surface area contributed by atoms with Crippen LogP contribution in [0.2, 0.25) is 5.02 Å². The standard InChI is InChI=1S/C15H12ClF3N2O4/c1-3-25-13(23)8-5-4-6-9(12(8)16)21-11(22)7-10(15(17,18)19)20(2)14(21)24/h4-7H,3H2,1-2H3. The highest BCUT2D eigenvalue weighted by Gasteiger charge is 2.35. The minimum absolute atomic E-state index is 0.0708. The lowest BCUT2D eigenvalue weighted by Crippen LogP contribution is -2.40. The Morgan fingerprint density at radius 1 is 1.28 bits per heavy atom. The lowest BCUT2D eigenvalue weighted by Gasteiger charge is -2.15. The van der Waals surface area contributed by atoms with Gasteiger partial charge in [0.2, 0.25) is 0 Å². The molecule has 0 radical (unpaired) electrons. The van der Waals surface area contributed by atoms with E-state index in [4.69, 9.17) is 16.3 Å². The summed E-state index contributed by atoms with van der Waals surface area (Å²) in [6.45, 7) is 1.65. The summed E-state index contributed by atoms with van der Waals surface area (Å²) in [6, 6.07) is 4.16. The third kappa shape index (κ3) is 3.46. The van der Waals surface area contributed by atoms with Crippen LogP contribution in [-0.4, -0.2) is 21.7 Å². The topological polar surface area (TPSA) is 70.3 Å². The third-order valence-electron chi connectivity index (χ3n) is 3.33. The molecule has 25 heavy (non-hydrogen) atoms. The van der Waals surface area contributed by atoms with Gasteiger partial charge >= 0.3 is 17.8 Å². The molecule has 2 aromatic rings. The fourth-order valence-corrected chi connectivity index (χ4v) is 2.47. The second-order valence-electron chi connectivity index (χ2n) is 4.90. The van der Waals surface area contributed by atoms with Gasteiger partial charge in [0.1, 0.15) is 5.69 Å². The Hall–Kier alpha value is -2.55. The number of halogens is 4. The van der Waals surface area contributed by atoms with Crippen LogP contribution >= 0.6 is 11.6 Å². The number of ether oxygens (including phenoxy) is 1. The van der Waals surface area contributed by atoms with Gasteiger partial charge in [-0.25, -0.2) is 14.2 Å². The summed E-state index contributed by atoms with van der Waals surface area (Å²) in [4.78, 5) is 36.2. The average molecular weight is 377 g/mol. The first-order valence-electron chi connectivity index (χ1n) is 6.95. The van der Waals surface area contributed by atoms with E-state index in [1.54, 1.807) is 6.92 Å². The minimum Gasteiger partial charge on any atom is -0.462 e. The third-order valence-corrected chi connectivity index (χ3v) is 3.72. The number of rotatable bonds is 3. The molecule has 0 saturated carbocycles. The summed E-state index contributed by atoms with van der Waals surface area (Å²) in [5.41, 5.74) is -4.20. The summed E-state index contributed by atoms with van der Waals surface area (Å²) in [7, 11) is 0.879. The first-order valence-corrected chi connectivity index (χ1v) is 7.33. The molecule has 0 aliphatic heterocycles. The van der Waals surface area contributed by atoms with E-state index in [9.17, 15) is 27.6 Å². The first kappa shape index (κ1) is 18.8. The van der Waals surface area contributed by atoms with Gasteiger partial charge in [-0.3, -0.25) is 9.36 Å². The van der Waals surface area contributed by atoms with Crippen molar-refractivity contribution in [3.63, 3.8) is 0 Å². The summed E-state index contributed by atoms with van der Waals surface area (Å²) in [6.07, 6.45) is -4.87. The molecule has 0 aliphatic rings. The molecule has 134 valence electrons. The number of nitrogens with zero attached hydrogens (tertiary/aromatic N) is 2. The molecule has 0 amide bonds. The quantitative estimate of drug-likeness (QED) is 0.771. The smallest absolute Gasteiger partial charge is 0.431 e. The molecule has 10 heteroatoms. The van der Waals surface area contributed by atoms with Gasteiger partial charge in [0.15, 0.2) is 0 Å². The molecule has 1 aromatic carbocycles. The molecule has 0 atom stereocenters. The maximum atomic E-state index is 12.9. The fourth-order valence-electron chi connectivity index (χ4n) is 2.18. The van der Waals surface area contributed by atoms with Crippen molar-refractivity contribution in [3.8, 4) is 5.69 Å². The maximum Gasteiger partial charge on any atom is 0.431 e. The summed E-state index contributed by atoms with van der Waals surface area (Å²) < 4.78 is 44.2. The largest absolute Gasteiger partial charge is 0.462 e. The molecule has 1 heterocycles. The Morgan fingerprint density at radius 3 is 2.48 bits per heavy atom. The predicted molar refractivity (Wildman–Crippen MR) is 83.2 cm³/mol. The van der Waals surface area contributed by atoms with E-state index in [0.717, 1.165) is 7.05 Å². The van der Waals surface area contributed by atoms with Crippen molar-refractivity contribution in [3.05, 3.63) is 61.4 Å². The molecule has 2 rings (SSSR count). The van der Waals surface area contributed by atoms with Gasteiger partial charge in [-0.1, -0.05) is 17.7 Å². The van der Waals surface area contributed by atoms with E-state index < -0.39 is 29.1 Å². The van der Waals surface area contributed by atoms with Gasteiger partial charge in [0.25, 0.3) is 5.56 Å². The number of alkyl halides is 3. The van der Waals surface area contributed by atoms with Crippen molar-refractivity contribution in [2.75, 3.05) is 6.61 Å². The van der Waals surface area contributed by atoms with Crippen molar-refractivity contribution >= 4 is 17.6 Å². The fraction of sp³-hybridized carbons (Fsp3) is 0.267. The van der Waals surface area contributed by atoms with Gasteiger partial charge in [-0.05, 0) is 19.1 Å². The Morgan fingerprint density at radius 2 is 1.92 bits per heavy atom. The van der Waals surface area contributed by atoms with Crippen LogP contribution in [0.15, 0.2) is 33.9 Å². The zero-order valence-corrected chi connectivity index (χ0v) is 13.8. The van der Waals surface area contributed by atoms with Crippen LogP contribution in [0.25, 0.3) is 5.69 Å². The Kier molecular flexibility index (Phi) is 5.07. The van der Waals surface area contributed by atoms with Gasteiger partial charge in [-0.15, -0.1) is 0 Å². The van der Waals surface area contributed by atoms with Crippen LogP contribution in [0.3, 0.4) is 0 Å². The van der Waals surface area contributed by atoms with Gasteiger partial charge in [0, 0.05) is 13.1 Å². The zero-order valence-electron chi connectivity index (χ0n) is 13.1. The molecule has 0 unspecified atom stereocenters. The monoisotopic (exact) mass is 376 g/mol. The van der Waals surface area contributed by atoms with E-state index in [2.05, 4.69) is 0 Å². The highest BCUT2D eigenvalue weighted by molar-refractivity contribution is 6.35. The van der Waals surface area contributed by atoms with E-state index in [0.29, 0.717) is 4.57 Å². The van der Waals surface area contributed by atoms with Crippen molar-refractivity contribution in [2.45, 2.75) is 13.1 Å². The first-order chi connectivity index (χ1) is 11.6. The summed E-state index contributed by atoms with van der Waals surface area (Å²) in [5.74, 6) is -0.786. The number of carbonyl (C=O) groups excluding carboxylic acids is 1. The molecule has 0 aliphatic carbocycles. The Bertz CT molecular complexity index is 947. The second-order valence-corrected chi connectivity index (χ2v) is 5.28. The maximum absolute atomic E-state index is 12.9. The Balaban J connectivity index is 2.75. The number of hydrogen-bond donors (Lipinski definition) is 0. The molecular weight excluding hydrogens is 365 g/mol. The number of aromatic nitrogens is 2. The van der Waals surface area contributed by atoms with E-state index in [-0.39, 0.29) is 33.5 Å². The number of carbonyl (C=O) groups is 1. The van der Waals surface area contributed by atoms with E-state index in [1.165, 1.54) is 18.2 Å². The summed E-state index contributed by atoms with van der Waals surface area (Å²) in [5, 5.41) is -0.278. The molecule has 6 nitrogen and oxygen atoms in total. The predicted octanol–water partition coefficient (Wildman–Crippen LogP) is 2.39. The lowest BCUT2D eigenvalue weighted by atomic mass is 10.2. The van der Waals surface area contributed by atoms with Crippen LogP contribution in [-0.2, 0) is 18.0 Å². The molecular formula is C15H12ClF3N2O4. The van der Waals surface area contributed by atoms with Crippen LogP contribution in [0.4, 0.5) is 13.2 Å². The number of hydrogen-bond acceptors (Lipinski definition) is 4. The van der Waals surface area contributed by atoms with Gasteiger partial charge in [0.05, 0.1) is 22.9 Å². The highest BCUT2D eigenvalue weighted by atomic mass is 35.5. The Labute approximate surface area is 144 Å². The highest BCUT2D eigenvalue weighted by Crippen LogP contribution is 2.28. The van der Waals surface area contributed by atoms with Crippen molar-refractivity contribution in [1.29, 1.82) is 0 Å². The lowest BCUT2D eigenvalue weighted by molar-refractivity contribution is -0.144. The number of benzene rings is 1. The second kappa shape index (κ2) is 6.75. The van der Waals surface area contributed by atoms with Crippen LogP contribution in [0.1, 0.15) is 23.0 Å². The minimum atomic E-state index is -4.87. The summed E-state index contributed by atoms with van der Waals surface area (Å²) >= 11 is 6.07. The normalized spacial score (nSPS) is 11.4. The van der Waals surface area contributed by atoms with Crippen molar-refractivity contribution in [1.82, 2.24) is 9.13 Å². The molecule has 0 saturated heterocycles. The molecule has 1 aromatic heterocycles. The SMILES string of the molecule is CCOC(=O)c1cccc(-n2c(=O)cc(C(F)(F)F)n(C)c2=O)c1Cl. The van der Waals surface area contributed by atoms with Gasteiger partial charge < -0.3 is 4.74 Å². The van der Waals surface area contributed by atoms with Crippen molar-refractivity contribution < 1.29 is 22.7 Å².